The largest absolute Gasteiger partial charge is 0.322 e. The van der Waals surface area contributed by atoms with Crippen LogP contribution in [-0.2, 0) is 13.1 Å². The van der Waals surface area contributed by atoms with Gasteiger partial charge in [-0.05, 0) is 48.1 Å². The van der Waals surface area contributed by atoms with Gasteiger partial charge in [0, 0.05) is 17.8 Å². The molecule has 0 aromatic heterocycles. The molecule has 0 radical (unpaired) electrons. The number of nitrogens with zero attached hydrogens (tertiary/aromatic N) is 1. The van der Waals surface area contributed by atoms with Crippen LogP contribution in [0.25, 0.3) is 0 Å². The maximum absolute atomic E-state index is 13.9. The van der Waals surface area contributed by atoms with Crippen LogP contribution in [-0.4, -0.2) is 10.9 Å². The van der Waals surface area contributed by atoms with Crippen molar-refractivity contribution in [3.05, 3.63) is 64.5 Å². The molecule has 0 aliphatic carbocycles. The van der Waals surface area contributed by atoms with Crippen molar-refractivity contribution in [1.82, 2.24) is 4.90 Å². The van der Waals surface area contributed by atoms with E-state index < -0.39 is 23.5 Å². The molecule has 0 spiro atoms. The third-order valence-electron chi connectivity index (χ3n) is 5.53. The number of carbonyl (C=O) groups excluding carboxylic acids is 1. The molecule has 1 heterocycles. The van der Waals surface area contributed by atoms with Crippen LogP contribution in [0.15, 0.2) is 30.3 Å². The van der Waals surface area contributed by atoms with Crippen LogP contribution in [0.5, 0.6) is 0 Å². The van der Waals surface area contributed by atoms with E-state index in [4.69, 9.17) is 0 Å². The Kier molecular flexibility index (Phi) is 6.83. The zero-order chi connectivity index (χ0) is 21.0. The van der Waals surface area contributed by atoms with Crippen molar-refractivity contribution < 1.29 is 18.0 Å². The molecular formula is C23H27F3N2O. The predicted molar refractivity (Wildman–Crippen MR) is 108 cm³/mol. The average Bonchev–Trinajstić information content (AvgIpc) is 3.14. The Morgan fingerprint density at radius 3 is 2.41 bits per heavy atom. The van der Waals surface area contributed by atoms with Crippen LogP contribution in [0.2, 0.25) is 0 Å². The number of anilines is 1. The number of fused-ring (bicyclic) bond motifs is 1. The molecule has 0 saturated carbocycles. The highest BCUT2D eigenvalue weighted by molar-refractivity contribution is 5.89. The minimum absolute atomic E-state index is 0.0349. The van der Waals surface area contributed by atoms with Crippen molar-refractivity contribution in [1.29, 1.82) is 0 Å². The van der Waals surface area contributed by atoms with Gasteiger partial charge in [0.15, 0.2) is 17.5 Å². The first-order chi connectivity index (χ1) is 13.9. The van der Waals surface area contributed by atoms with Crippen LogP contribution >= 0.6 is 0 Å². The summed E-state index contributed by atoms with van der Waals surface area (Å²) in [7, 11) is 0. The Balaban J connectivity index is 1.65. The SMILES string of the molecule is CCCCC(CCC)c1ccc(NC(=O)N2Cc3cc(F)c(F)c(F)c3C2)cc1. The van der Waals surface area contributed by atoms with Crippen molar-refractivity contribution in [3.63, 3.8) is 0 Å². The predicted octanol–water partition coefficient (Wildman–Crippen LogP) is 6.73. The minimum atomic E-state index is -1.49. The van der Waals surface area contributed by atoms with Gasteiger partial charge in [0.2, 0.25) is 0 Å². The Bertz CT molecular complexity index is 867. The number of rotatable bonds is 7. The molecule has 1 atom stereocenters. The third-order valence-corrected chi connectivity index (χ3v) is 5.53. The molecule has 6 heteroatoms. The van der Waals surface area contributed by atoms with Crippen molar-refractivity contribution in [2.75, 3.05) is 5.32 Å². The van der Waals surface area contributed by atoms with Crippen LogP contribution in [0.3, 0.4) is 0 Å². The van der Waals surface area contributed by atoms with Gasteiger partial charge in [0.25, 0.3) is 0 Å². The Morgan fingerprint density at radius 1 is 1.03 bits per heavy atom. The molecule has 29 heavy (non-hydrogen) atoms. The summed E-state index contributed by atoms with van der Waals surface area (Å²) in [5.74, 6) is -3.42. The van der Waals surface area contributed by atoms with Crippen molar-refractivity contribution >= 4 is 11.7 Å². The maximum Gasteiger partial charge on any atom is 0.322 e. The van der Waals surface area contributed by atoms with E-state index in [2.05, 4.69) is 19.2 Å². The number of benzene rings is 2. The van der Waals surface area contributed by atoms with Gasteiger partial charge in [-0.2, -0.15) is 0 Å². The summed E-state index contributed by atoms with van der Waals surface area (Å²) in [4.78, 5) is 13.9. The number of urea groups is 1. The van der Waals surface area contributed by atoms with E-state index in [0.29, 0.717) is 17.2 Å². The molecule has 1 N–H and O–H groups in total. The molecule has 2 aromatic rings. The zero-order valence-corrected chi connectivity index (χ0v) is 16.9. The van der Waals surface area contributed by atoms with E-state index in [1.165, 1.54) is 23.3 Å². The Morgan fingerprint density at radius 2 is 1.76 bits per heavy atom. The van der Waals surface area contributed by atoms with Gasteiger partial charge in [0.1, 0.15) is 0 Å². The lowest BCUT2D eigenvalue weighted by atomic mass is 9.89. The summed E-state index contributed by atoms with van der Waals surface area (Å²) < 4.78 is 40.8. The first-order valence-corrected chi connectivity index (χ1v) is 10.3. The zero-order valence-electron chi connectivity index (χ0n) is 16.9. The second-order valence-electron chi connectivity index (χ2n) is 7.66. The molecule has 3 rings (SSSR count). The molecule has 1 aliphatic rings. The summed E-state index contributed by atoms with van der Waals surface area (Å²) in [6, 6.07) is 8.34. The molecule has 1 aliphatic heterocycles. The molecule has 2 aromatic carbocycles. The summed E-state index contributed by atoms with van der Waals surface area (Å²) in [5.41, 5.74) is 2.23. The highest BCUT2D eigenvalue weighted by Gasteiger charge is 2.29. The van der Waals surface area contributed by atoms with Crippen LogP contribution in [0, 0.1) is 17.5 Å². The number of carbonyl (C=O) groups is 1. The van der Waals surface area contributed by atoms with Gasteiger partial charge in [0.05, 0.1) is 6.54 Å². The van der Waals surface area contributed by atoms with Crippen LogP contribution in [0.4, 0.5) is 23.7 Å². The number of hydrogen-bond acceptors (Lipinski definition) is 1. The summed E-state index contributed by atoms with van der Waals surface area (Å²) in [6.07, 6.45) is 5.77. The average molecular weight is 404 g/mol. The van der Waals surface area contributed by atoms with Crippen LogP contribution < -0.4 is 5.32 Å². The molecule has 0 saturated heterocycles. The van der Waals surface area contributed by atoms with E-state index in [1.807, 2.05) is 24.3 Å². The molecule has 0 fully saturated rings. The van der Waals surface area contributed by atoms with Crippen molar-refractivity contribution in [2.24, 2.45) is 0 Å². The summed E-state index contributed by atoms with van der Waals surface area (Å²) in [6.45, 7) is 4.33. The second kappa shape index (κ2) is 9.33. The van der Waals surface area contributed by atoms with Crippen molar-refractivity contribution in [3.8, 4) is 0 Å². The monoisotopic (exact) mass is 404 g/mol. The van der Waals surface area contributed by atoms with E-state index in [0.717, 1.165) is 25.3 Å². The topological polar surface area (TPSA) is 32.3 Å². The van der Waals surface area contributed by atoms with Crippen LogP contribution in [0.1, 0.15) is 68.6 Å². The summed E-state index contributed by atoms with van der Waals surface area (Å²) in [5, 5.41) is 2.79. The van der Waals surface area contributed by atoms with Gasteiger partial charge < -0.3 is 10.2 Å². The number of nitrogens with one attached hydrogen (secondary N) is 1. The second-order valence-corrected chi connectivity index (χ2v) is 7.66. The van der Waals surface area contributed by atoms with Gasteiger partial charge in [-0.15, -0.1) is 0 Å². The number of hydrogen-bond donors (Lipinski definition) is 1. The fourth-order valence-electron chi connectivity index (χ4n) is 3.91. The lowest BCUT2D eigenvalue weighted by Crippen LogP contribution is -2.30. The van der Waals surface area contributed by atoms with Gasteiger partial charge in [-0.1, -0.05) is 45.2 Å². The van der Waals surface area contributed by atoms with Crippen molar-refractivity contribution in [2.45, 2.75) is 65.0 Å². The first kappa shape index (κ1) is 21.2. The first-order valence-electron chi connectivity index (χ1n) is 10.3. The smallest absolute Gasteiger partial charge is 0.316 e. The molecule has 0 bridgehead atoms. The number of amides is 2. The number of halogens is 3. The normalized spacial score (nSPS) is 14.0. The Hall–Kier alpha value is -2.50. The van der Waals surface area contributed by atoms with E-state index in [-0.39, 0.29) is 18.7 Å². The van der Waals surface area contributed by atoms with E-state index in [9.17, 15) is 18.0 Å². The lowest BCUT2D eigenvalue weighted by Gasteiger charge is -2.18. The quantitative estimate of drug-likeness (QED) is 0.510. The molecule has 1 unspecified atom stereocenters. The maximum atomic E-state index is 13.9. The fraction of sp³-hybridized carbons (Fsp3) is 0.435. The highest BCUT2D eigenvalue weighted by atomic mass is 19.2. The van der Waals surface area contributed by atoms with Gasteiger partial charge in [-0.25, -0.2) is 18.0 Å². The molecule has 2 amide bonds. The van der Waals surface area contributed by atoms with E-state index >= 15 is 0 Å². The molecular weight excluding hydrogens is 377 g/mol. The summed E-state index contributed by atoms with van der Waals surface area (Å²) >= 11 is 0. The van der Waals surface area contributed by atoms with E-state index in [1.54, 1.807) is 0 Å². The fourth-order valence-corrected chi connectivity index (χ4v) is 3.91. The lowest BCUT2D eigenvalue weighted by molar-refractivity contribution is 0.212. The standard InChI is InChI=1S/C23H27F3N2O/c1-3-5-7-15(6-4-2)16-8-10-18(11-9-16)27-23(29)28-13-17-12-20(24)22(26)21(25)19(17)14-28/h8-12,15H,3-7,13-14H2,1-2H3,(H,27,29). The van der Waals surface area contributed by atoms with Gasteiger partial charge in [-0.3, -0.25) is 0 Å². The highest BCUT2D eigenvalue weighted by Crippen LogP contribution is 2.30. The molecule has 3 nitrogen and oxygen atoms in total. The third kappa shape index (κ3) is 4.74. The number of unbranched alkanes of at least 4 members (excludes halogenated alkanes) is 1. The molecule has 156 valence electrons. The Labute approximate surface area is 169 Å². The minimum Gasteiger partial charge on any atom is -0.316 e. The van der Waals surface area contributed by atoms with Gasteiger partial charge >= 0.3 is 6.03 Å².